The number of anilines is 3. The second-order valence-electron chi connectivity index (χ2n) is 14.1. The predicted octanol–water partition coefficient (Wildman–Crippen LogP) is 15.1. The average molecular weight is 719 g/mol. The van der Waals surface area contributed by atoms with Crippen molar-refractivity contribution in [3.63, 3.8) is 0 Å². The van der Waals surface area contributed by atoms with E-state index in [0.29, 0.717) is 0 Å². The molecule has 0 amide bonds. The number of thiophene rings is 1. The summed E-state index contributed by atoms with van der Waals surface area (Å²) in [5.41, 5.74) is 11.7. The van der Waals surface area contributed by atoms with E-state index in [0.717, 1.165) is 17.1 Å². The van der Waals surface area contributed by atoms with Crippen molar-refractivity contribution in [2.24, 2.45) is 0 Å². The zero-order valence-corrected chi connectivity index (χ0v) is 30.7. The van der Waals surface area contributed by atoms with E-state index in [1.54, 1.807) is 0 Å². The van der Waals surface area contributed by atoms with Crippen LogP contribution in [0.1, 0.15) is 0 Å². The highest BCUT2D eigenvalue weighted by molar-refractivity contribution is 7.25. The van der Waals surface area contributed by atoms with Gasteiger partial charge in [0.1, 0.15) is 0 Å². The van der Waals surface area contributed by atoms with Gasteiger partial charge in [-0.15, -0.1) is 11.3 Å². The fourth-order valence-corrected chi connectivity index (χ4v) is 9.60. The highest BCUT2D eigenvalue weighted by atomic mass is 32.1. The quantitative estimate of drug-likeness (QED) is 0.166. The van der Waals surface area contributed by atoms with Crippen molar-refractivity contribution in [3.05, 3.63) is 206 Å². The third-order valence-corrected chi connectivity index (χ3v) is 12.1. The Bertz CT molecular complexity index is 3210. The molecule has 258 valence electrons. The van der Waals surface area contributed by atoms with Gasteiger partial charge in [0.25, 0.3) is 0 Å². The van der Waals surface area contributed by atoms with Crippen LogP contribution in [0.15, 0.2) is 206 Å². The summed E-state index contributed by atoms with van der Waals surface area (Å²) in [5.74, 6) is 0. The minimum atomic E-state index is 1.11. The van der Waals surface area contributed by atoms with Crippen LogP contribution in [-0.2, 0) is 0 Å². The number of hydrogen-bond donors (Lipinski definition) is 0. The third-order valence-electron chi connectivity index (χ3n) is 11.0. The SMILES string of the molecule is c1ccc(-c2ccccc2N(c2cccc(-c3ccc4ccc5c(c4c3)c3ccccc3n5-c3ccccc3)c2)c2ccc3c(c2)sc2ccccc23)cc1. The molecule has 0 radical (unpaired) electrons. The lowest BCUT2D eigenvalue weighted by atomic mass is 9.97. The highest BCUT2D eigenvalue weighted by Gasteiger charge is 2.20. The number of rotatable bonds is 6. The van der Waals surface area contributed by atoms with E-state index in [1.165, 1.54) is 80.7 Å². The van der Waals surface area contributed by atoms with Crippen LogP contribution in [0.2, 0.25) is 0 Å². The first-order valence-corrected chi connectivity index (χ1v) is 19.6. The Morgan fingerprint density at radius 3 is 1.95 bits per heavy atom. The van der Waals surface area contributed by atoms with Crippen LogP contribution in [0, 0.1) is 0 Å². The maximum absolute atomic E-state index is 2.43. The first-order chi connectivity index (χ1) is 27.3. The number of aromatic nitrogens is 1. The molecule has 0 spiro atoms. The Hall–Kier alpha value is -6.94. The van der Waals surface area contributed by atoms with Crippen LogP contribution in [0.4, 0.5) is 17.1 Å². The average Bonchev–Trinajstić information content (AvgIpc) is 3.80. The van der Waals surface area contributed by atoms with Crippen molar-refractivity contribution in [3.8, 4) is 27.9 Å². The maximum atomic E-state index is 2.43. The molecule has 3 heteroatoms. The molecule has 0 bridgehead atoms. The fraction of sp³-hybridized carbons (Fsp3) is 0. The molecule has 2 heterocycles. The van der Waals surface area contributed by atoms with Gasteiger partial charge in [-0.05, 0) is 94.2 Å². The Morgan fingerprint density at radius 2 is 1.05 bits per heavy atom. The molecule has 0 aliphatic heterocycles. The summed E-state index contributed by atoms with van der Waals surface area (Å²) in [4.78, 5) is 2.43. The van der Waals surface area contributed by atoms with Crippen LogP contribution in [0.3, 0.4) is 0 Å². The molecule has 0 N–H and O–H groups in total. The van der Waals surface area contributed by atoms with Crippen LogP contribution >= 0.6 is 11.3 Å². The minimum Gasteiger partial charge on any atom is -0.310 e. The second kappa shape index (κ2) is 12.9. The summed E-state index contributed by atoms with van der Waals surface area (Å²) >= 11 is 1.86. The lowest BCUT2D eigenvalue weighted by Gasteiger charge is -2.28. The Kier molecular flexibility index (Phi) is 7.39. The van der Waals surface area contributed by atoms with Crippen molar-refractivity contribution in [2.75, 3.05) is 4.90 Å². The number of fused-ring (bicyclic) bond motifs is 8. The van der Waals surface area contributed by atoms with Crippen LogP contribution < -0.4 is 4.90 Å². The van der Waals surface area contributed by atoms with E-state index in [-0.39, 0.29) is 0 Å². The largest absolute Gasteiger partial charge is 0.310 e. The fourth-order valence-electron chi connectivity index (χ4n) is 8.46. The van der Waals surface area contributed by atoms with Crippen LogP contribution in [0.25, 0.3) is 80.7 Å². The molecule has 0 atom stereocenters. The molecule has 2 aromatic heterocycles. The molecule has 9 aromatic carbocycles. The van der Waals surface area contributed by atoms with E-state index >= 15 is 0 Å². The van der Waals surface area contributed by atoms with E-state index in [4.69, 9.17) is 0 Å². The number of benzene rings is 9. The monoisotopic (exact) mass is 718 g/mol. The summed E-state index contributed by atoms with van der Waals surface area (Å²) < 4.78 is 4.99. The summed E-state index contributed by atoms with van der Waals surface area (Å²) in [5, 5.41) is 7.64. The van der Waals surface area contributed by atoms with Gasteiger partial charge in [-0.3, -0.25) is 0 Å². The molecule has 0 saturated carbocycles. The summed E-state index contributed by atoms with van der Waals surface area (Å²) in [7, 11) is 0. The topological polar surface area (TPSA) is 8.17 Å². The van der Waals surface area contributed by atoms with Gasteiger partial charge in [-0.1, -0.05) is 140 Å². The van der Waals surface area contributed by atoms with Gasteiger partial charge in [0.05, 0.1) is 16.7 Å². The van der Waals surface area contributed by atoms with Gasteiger partial charge in [0.2, 0.25) is 0 Å². The molecule has 11 rings (SSSR count). The van der Waals surface area contributed by atoms with Crippen molar-refractivity contribution >= 4 is 81.1 Å². The minimum absolute atomic E-state index is 1.11. The molecular formula is C52H34N2S. The predicted molar refractivity (Wildman–Crippen MR) is 237 cm³/mol. The highest BCUT2D eigenvalue weighted by Crippen LogP contribution is 2.45. The van der Waals surface area contributed by atoms with E-state index < -0.39 is 0 Å². The number of nitrogens with zero attached hydrogens (tertiary/aromatic N) is 2. The summed E-state index contributed by atoms with van der Waals surface area (Å²) in [6.45, 7) is 0. The van der Waals surface area contributed by atoms with E-state index in [2.05, 4.69) is 216 Å². The Labute approximate surface area is 323 Å². The zero-order chi connectivity index (χ0) is 36.3. The molecule has 55 heavy (non-hydrogen) atoms. The van der Waals surface area contributed by atoms with Crippen molar-refractivity contribution in [1.82, 2.24) is 4.57 Å². The Morgan fingerprint density at radius 1 is 0.382 bits per heavy atom. The van der Waals surface area contributed by atoms with Gasteiger partial charge in [-0.25, -0.2) is 0 Å². The Balaban J connectivity index is 1.11. The molecule has 0 unspecified atom stereocenters. The lowest BCUT2D eigenvalue weighted by molar-refractivity contribution is 1.18. The molecule has 0 saturated heterocycles. The van der Waals surface area contributed by atoms with Crippen molar-refractivity contribution < 1.29 is 0 Å². The lowest BCUT2D eigenvalue weighted by Crippen LogP contribution is -2.11. The van der Waals surface area contributed by atoms with Gasteiger partial charge >= 0.3 is 0 Å². The first-order valence-electron chi connectivity index (χ1n) is 18.8. The molecule has 11 aromatic rings. The normalized spacial score (nSPS) is 11.6. The summed E-state index contributed by atoms with van der Waals surface area (Å²) in [6, 6.07) is 75.2. The van der Waals surface area contributed by atoms with Crippen LogP contribution in [-0.4, -0.2) is 4.57 Å². The van der Waals surface area contributed by atoms with Gasteiger partial charge in [0.15, 0.2) is 0 Å². The van der Waals surface area contributed by atoms with Gasteiger partial charge < -0.3 is 9.47 Å². The first kappa shape index (κ1) is 31.6. The molecule has 0 fully saturated rings. The molecule has 0 aliphatic rings. The standard InChI is InChI=1S/C52H34N2S/c1-3-14-35(15-4-1)42-20-7-10-23-47(42)53(41-29-30-44-43-21-9-12-25-50(43)55-51(44)34-41)40-19-13-16-37(32-40)38-27-26-36-28-31-49-52(46(36)33-38)45-22-8-11-24-48(45)54(49)39-17-5-2-6-18-39/h1-34H. The zero-order valence-electron chi connectivity index (χ0n) is 29.9. The second-order valence-corrected chi connectivity index (χ2v) is 15.2. The van der Waals surface area contributed by atoms with Gasteiger partial charge in [-0.2, -0.15) is 0 Å². The maximum Gasteiger partial charge on any atom is 0.0547 e. The van der Waals surface area contributed by atoms with E-state index in [1.807, 2.05) is 11.3 Å². The summed E-state index contributed by atoms with van der Waals surface area (Å²) in [6.07, 6.45) is 0. The smallest absolute Gasteiger partial charge is 0.0547 e. The van der Waals surface area contributed by atoms with E-state index in [9.17, 15) is 0 Å². The number of hydrogen-bond acceptors (Lipinski definition) is 2. The third kappa shape index (κ3) is 5.24. The molecule has 0 aliphatic carbocycles. The van der Waals surface area contributed by atoms with Crippen LogP contribution in [0.5, 0.6) is 0 Å². The molecule has 2 nitrogen and oxygen atoms in total. The van der Waals surface area contributed by atoms with Crippen molar-refractivity contribution in [2.45, 2.75) is 0 Å². The van der Waals surface area contributed by atoms with Gasteiger partial charge in [0, 0.05) is 53.6 Å². The number of para-hydroxylation sites is 3. The van der Waals surface area contributed by atoms with Crippen molar-refractivity contribution in [1.29, 1.82) is 0 Å². The molecular weight excluding hydrogens is 685 g/mol.